The predicted octanol–water partition coefficient (Wildman–Crippen LogP) is 3.57. The summed E-state index contributed by atoms with van der Waals surface area (Å²) in [5.41, 5.74) is 2.00. The Morgan fingerprint density at radius 3 is 2.53 bits per heavy atom. The fourth-order valence-corrected chi connectivity index (χ4v) is 2.49. The molecule has 0 aliphatic rings. The van der Waals surface area contributed by atoms with Crippen LogP contribution in [0.4, 0.5) is 5.69 Å². The summed E-state index contributed by atoms with van der Waals surface area (Å²) >= 11 is 12.0. The molecule has 5 heteroatoms. The van der Waals surface area contributed by atoms with Crippen LogP contribution in [0.3, 0.4) is 0 Å². The maximum absolute atomic E-state index is 6.22. The average molecular weight is 306 g/mol. The number of benzene rings is 1. The quantitative estimate of drug-likeness (QED) is 0.685. The Morgan fingerprint density at radius 1 is 1.26 bits per heavy atom. The van der Waals surface area contributed by atoms with Crippen LogP contribution in [0.15, 0.2) is 18.2 Å². The van der Waals surface area contributed by atoms with E-state index in [1.807, 2.05) is 18.2 Å². The van der Waals surface area contributed by atoms with Crippen molar-refractivity contribution in [2.24, 2.45) is 0 Å². The molecule has 1 aromatic rings. The predicted molar refractivity (Wildman–Crippen MR) is 81.6 cm³/mol. The molecule has 1 atom stereocenters. The third kappa shape index (κ3) is 4.84. The van der Waals surface area contributed by atoms with Gasteiger partial charge in [-0.2, -0.15) is 0 Å². The second kappa shape index (κ2) is 8.64. The zero-order valence-electron chi connectivity index (χ0n) is 11.7. The van der Waals surface area contributed by atoms with Crippen molar-refractivity contribution in [2.45, 2.75) is 18.8 Å². The SMILES string of the molecule is COCCN(c1ccc(CCl)c(Cl)c1)C(C)COC. The van der Waals surface area contributed by atoms with Crippen LogP contribution >= 0.6 is 23.2 Å². The van der Waals surface area contributed by atoms with Crippen LogP contribution in [0.5, 0.6) is 0 Å². The van der Waals surface area contributed by atoms with Crippen molar-refractivity contribution in [2.75, 3.05) is 38.9 Å². The van der Waals surface area contributed by atoms with Crippen molar-refractivity contribution in [1.29, 1.82) is 0 Å². The summed E-state index contributed by atoms with van der Waals surface area (Å²) in [6.45, 7) is 4.21. The number of halogens is 2. The van der Waals surface area contributed by atoms with Crippen LogP contribution in [0.2, 0.25) is 5.02 Å². The highest BCUT2D eigenvalue weighted by atomic mass is 35.5. The number of nitrogens with zero attached hydrogens (tertiary/aromatic N) is 1. The van der Waals surface area contributed by atoms with E-state index >= 15 is 0 Å². The molecule has 19 heavy (non-hydrogen) atoms. The molecule has 0 amide bonds. The van der Waals surface area contributed by atoms with Gasteiger partial charge < -0.3 is 14.4 Å². The molecule has 1 unspecified atom stereocenters. The lowest BCUT2D eigenvalue weighted by Gasteiger charge is -2.31. The lowest BCUT2D eigenvalue weighted by atomic mass is 10.2. The standard InChI is InChI=1S/C14H21Cl2NO2/c1-11(10-19-3)17(6-7-18-2)13-5-4-12(9-15)14(16)8-13/h4-5,8,11H,6-7,9-10H2,1-3H3. The molecule has 0 heterocycles. The Hall–Kier alpha value is -0.480. The van der Waals surface area contributed by atoms with Crippen LogP contribution < -0.4 is 4.90 Å². The molecule has 0 fully saturated rings. The molecule has 0 bridgehead atoms. The average Bonchev–Trinajstić information content (AvgIpc) is 2.39. The minimum Gasteiger partial charge on any atom is -0.383 e. The van der Waals surface area contributed by atoms with Crippen molar-refractivity contribution in [3.63, 3.8) is 0 Å². The molecule has 0 N–H and O–H groups in total. The fraction of sp³-hybridized carbons (Fsp3) is 0.571. The molecule has 0 saturated heterocycles. The van der Waals surface area contributed by atoms with Gasteiger partial charge in [0.05, 0.1) is 13.2 Å². The minimum atomic E-state index is 0.248. The highest BCUT2D eigenvalue weighted by Crippen LogP contribution is 2.26. The van der Waals surface area contributed by atoms with Gasteiger partial charge in [-0.05, 0) is 24.6 Å². The van der Waals surface area contributed by atoms with E-state index in [0.717, 1.165) is 17.8 Å². The third-order valence-corrected chi connectivity index (χ3v) is 3.63. The zero-order valence-corrected chi connectivity index (χ0v) is 13.2. The molecule has 3 nitrogen and oxygen atoms in total. The van der Waals surface area contributed by atoms with Gasteiger partial charge in [-0.15, -0.1) is 11.6 Å². The summed E-state index contributed by atoms with van der Waals surface area (Å²) in [6.07, 6.45) is 0. The Labute approximate surface area is 125 Å². The summed E-state index contributed by atoms with van der Waals surface area (Å²) in [6, 6.07) is 6.19. The number of anilines is 1. The van der Waals surface area contributed by atoms with E-state index in [-0.39, 0.29) is 6.04 Å². The normalized spacial score (nSPS) is 12.5. The number of hydrogen-bond acceptors (Lipinski definition) is 3. The molecule has 108 valence electrons. The molecule has 0 radical (unpaired) electrons. The number of hydrogen-bond donors (Lipinski definition) is 0. The lowest BCUT2D eigenvalue weighted by molar-refractivity contribution is 0.171. The molecule has 0 aromatic heterocycles. The smallest absolute Gasteiger partial charge is 0.0663 e. The molecular formula is C14H21Cl2NO2. The third-order valence-electron chi connectivity index (χ3n) is 2.99. The van der Waals surface area contributed by atoms with Crippen LogP contribution in [-0.2, 0) is 15.4 Å². The highest BCUT2D eigenvalue weighted by Gasteiger charge is 2.15. The van der Waals surface area contributed by atoms with Crippen LogP contribution in [0.1, 0.15) is 12.5 Å². The van der Waals surface area contributed by atoms with Crippen molar-refractivity contribution >= 4 is 28.9 Å². The van der Waals surface area contributed by atoms with Crippen molar-refractivity contribution in [3.05, 3.63) is 28.8 Å². The van der Waals surface area contributed by atoms with E-state index in [1.54, 1.807) is 14.2 Å². The molecular weight excluding hydrogens is 285 g/mol. The molecule has 0 spiro atoms. The van der Waals surface area contributed by atoms with Gasteiger partial charge in [-0.1, -0.05) is 17.7 Å². The van der Waals surface area contributed by atoms with Gasteiger partial charge in [0.2, 0.25) is 0 Å². The Balaban J connectivity index is 2.92. The lowest BCUT2D eigenvalue weighted by Crippen LogP contribution is -2.38. The first-order chi connectivity index (χ1) is 9.13. The first-order valence-corrected chi connectivity index (χ1v) is 7.14. The summed E-state index contributed by atoms with van der Waals surface area (Å²) < 4.78 is 10.4. The largest absolute Gasteiger partial charge is 0.383 e. The van der Waals surface area contributed by atoms with E-state index in [0.29, 0.717) is 24.1 Å². The van der Waals surface area contributed by atoms with Gasteiger partial charge in [-0.3, -0.25) is 0 Å². The van der Waals surface area contributed by atoms with Crippen LogP contribution in [0, 0.1) is 0 Å². The first kappa shape index (κ1) is 16.6. The van der Waals surface area contributed by atoms with Crippen LogP contribution in [-0.4, -0.2) is 40.0 Å². The molecule has 0 saturated carbocycles. The molecule has 1 rings (SSSR count). The Morgan fingerprint density at radius 2 is 2.00 bits per heavy atom. The van der Waals surface area contributed by atoms with E-state index in [1.165, 1.54) is 0 Å². The van der Waals surface area contributed by atoms with E-state index < -0.39 is 0 Å². The molecule has 0 aliphatic heterocycles. The highest BCUT2D eigenvalue weighted by molar-refractivity contribution is 6.32. The van der Waals surface area contributed by atoms with Gasteiger partial charge in [0.15, 0.2) is 0 Å². The number of alkyl halides is 1. The number of ether oxygens (including phenoxy) is 2. The van der Waals surface area contributed by atoms with Gasteiger partial charge >= 0.3 is 0 Å². The topological polar surface area (TPSA) is 21.7 Å². The summed E-state index contributed by atoms with van der Waals surface area (Å²) in [4.78, 5) is 2.22. The Kier molecular flexibility index (Phi) is 7.54. The maximum Gasteiger partial charge on any atom is 0.0663 e. The summed E-state index contributed by atoms with van der Waals surface area (Å²) in [7, 11) is 3.40. The first-order valence-electron chi connectivity index (χ1n) is 6.23. The van der Waals surface area contributed by atoms with Crippen LogP contribution in [0.25, 0.3) is 0 Å². The van der Waals surface area contributed by atoms with Gasteiger partial charge in [0.1, 0.15) is 0 Å². The van der Waals surface area contributed by atoms with Crippen molar-refractivity contribution in [1.82, 2.24) is 0 Å². The fourth-order valence-electron chi connectivity index (χ4n) is 1.95. The van der Waals surface area contributed by atoms with Crippen molar-refractivity contribution < 1.29 is 9.47 Å². The summed E-state index contributed by atoms with van der Waals surface area (Å²) in [5.74, 6) is 0.421. The van der Waals surface area contributed by atoms with Crippen molar-refractivity contribution in [3.8, 4) is 0 Å². The second-order valence-electron chi connectivity index (χ2n) is 4.40. The van der Waals surface area contributed by atoms with Gasteiger partial charge in [0, 0.05) is 43.4 Å². The van der Waals surface area contributed by atoms with E-state index in [4.69, 9.17) is 32.7 Å². The minimum absolute atomic E-state index is 0.248. The number of rotatable bonds is 8. The maximum atomic E-state index is 6.22. The Bertz CT molecular complexity index is 388. The number of methoxy groups -OCH3 is 2. The van der Waals surface area contributed by atoms with E-state index in [2.05, 4.69) is 11.8 Å². The monoisotopic (exact) mass is 305 g/mol. The second-order valence-corrected chi connectivity index (χ2v) is 5.07. The zero-order chi connectivity index (χ0) is 14.3. The van der Waals surface area contributed by atoms with Gasteiger partial charge in [-0.25, -0.2) is 0 Å². The van der Waals surface area contributed by atoms with E-state index in [9.17, 15) is 0 Å². The molecule has 1 aromatic carbocycles. The van der Waals surface area contributed by atoms with Gasteiger partial charge in [0.25, 0.3) is 0 Å². The summed E-state index contributed by atoms with van der Waals surface area (Å²) in [5, 5.41) is 0.694. The molecule has 0 aliphatic carbocycles.